The van der Waals surface area contributed by atoms with Crippen LogP contribution in [-0.2, 0) is 83.1 Å². The van der Waals surface area contributed by atoms with Crippen molar-refractivity contribution in [1.82, 2.24) is 28.7 Å². The van der Waals surface area contributed by atoms with Crippen LogP contribution in [0.5, 0.6) is 0 Å². The van der Waals surface area contributed by atoms with Gasteiger partial charge in [-0.3, -0.25) is 18.7 Å². The molecule has 0 aliphatic heterocycles. The number of hydrogen-bond donors (Lipinski definition) is 2. The Bertz CT molecular complexity index is 3340. The van der Waals surface area contributed by atoms with E-state index in [1.807, 2.05) is 50.2 Å². The summed E-state index contributed by atoms with van der Waals surface area (Å²) in [6.45, 7) is 19.3. The van der Waals surface area contributed by atoms with Crippen LogP contribution in [0.15, 0.2) is 155 Å². The second-order valence-corrected chi connectivity index (χ2v) is 24.2. The molecule has 80 heavy (non-hydrogen) atoms. The van der Waals surface area contributed by atoms with E-state index >= 15 is 0 Å². The molecule has 1 amide bonds. The number of aromatic nitrogens is 6. The van der Waals surface area contributed by atoms with Gasteiger partial charge in [-0.05, 0) is 143 Å². The van der Waals surface area contributed by atoms with E-state index in [0.29, 0.717) is 39.0 Å². The molecular weight excluding hydrogens is 995 g/mol. The van der Waals surface area contributed by atoms with Crippen LogP contribution in [-0.4, -0.2) is 45.7 Å². The molecule has 2 aliphatic rings. The quantitative estimate of drug-likeness (QED) is 0.0768. The largest absolute Gasteiger partial charge is 0.481 e. The van der Waals surface area contributed by atoms with Gasteiger partial charge in [-0.25, -0.2) is 19.0 Å². The van der Waals surface area contributed by atoms with Crippen LogP contribution >= 0.6 is 0 Å². The lowest BCUT2D eigenvalue weighted by molar-refractivity contribution is -0.140. The summed E-state index contributed by atoms with van der Waals surface area (Å²) >= 11 is 0. The van der Waals surface area contributed by atoms with E-state index in [4.69, 9.17) is 15.9 Å². The molecule has 0 saturated heterocycles. The summed E-state index contributed by atoms with van der Waals surface area (Å²) in [5, 5.41) is 19.1. The molecule has 2 saturated carbocycles. The summed E-state index contributed by atoms with van der Waals surface area (Å²) in [7, 11) is 0. The molecule has 12 nitrogen and oxygen atoms in total. The highest BCUT2D eigenvalue weighted by atomic mass is 16.4. The average molecular weight is 1070 g/mol. The molecule has 2 heterocycles. The molecule has 0 spiro atoms. The van der Waals surface area contributed by atoms with E-state index in [-0.39, 0.29) is 28.1 Å². The van der Waals surface area contributed by atoms with Crippen LogP contribution in [0.3, 0.4) is 0 Å². The van der Waals surface area contributed by atoms with Gasteiger partial charge in [0.25, 0.3) is 0 Å². The Hall–Kier alpha value is -7.86. The van der Waals surface area contributed by atoms with Gasteiger partial charge in [0.05, 0.1) is 23.9 Å². The molecule has 2 aliphatic carbocycles. The summed E-state index contributed by atoms with van der Waals surface area (Å²) in [6.07, 6.45) is 8.17. The third kappa shape index (κ3) is 12.8. The predicted molar refractivity (Wildman–Crippen MR) is 319 cm³/mol. The van der Waals surface area contributed by atoms with E-state index in [1.54, 1.807) is 18.5 Å². The Morgan fingerprint density at radius 3 is 1.19 bits per heavy atom. The first-order valence-corrected chi connectivity index (χ1v) is 28.7. The van der Waals surface area contributed by atoms with Crippen LogP contribution in [0.4, 0.5) is 0 Å². The maximum absolute atomic E-state index is 13.0. The zero-order valence-electron chi connectivity index (χ0n) is 48.1. The van der Waals surface area contributed by atoms with E-state index in [9.17, 15) is 24.3 Å². The van der Waals surface area contributed by atoms with Crippen molar-refractivity contribution < 1.29 is 14.7 Å². The highest BCUT2D eigenvalue weighted by Crippen LogP contribution is 2.50. The summed E-state index contributed by atoms with van der Waals surface area (Å²) in [5.41, 5.74) is 18.0. The number of benzene rings is 6. The standard InChI is InChI=1S/C34H40N4O2.C34H39N3O3/c1-5-37-30(36-38(32(37)40)23-25-14-18-28(19-15-25)33(2,3)4)11-6-8-24-12-16-26(17-13-24)27-9-7-10-29(22-27)34(20-21-34)31(35)39;1-5-36-30(35-37(32(36)40)23-25-14-18-28(19-15-25)33(2,3)4)11-6-8-24-12-16-26(17-13-24)27-9-7-10-29(22-27)34(20-21-34)31(38)39/h7,9-10,12-19,22H,5-6,8,11,20-21,23H2,1-4H3,(H2,35,39);7,9-10,12-19,22H,5-6,8,11,20-21,23H2,1-4H3,(H,38,39). The molecule has 12 heteroatoms. The second-order valence-electron chi connectivity index (χ2n) is 24.2. The van der Waals surface area contributed by atoms with E-state index < -0.39 is 16.8 Å². The number of amides is 1. The molecule has 0 atom stereocenters. The van der Waals surface area contributed by atoms with Gasteiger partial charge in [-0.15, -0.1) is 0 Å². The number of primary amides is 1. The van der Waals surface area contributed by atoms with Gasteiger partial charge in [-0.1, -0.05) is 187 Å². The first-order chi connectivity index (χ1) is 38.2. The van der Waals surface area contributed by atoms with Gasteiger partial charge in [0.1, 0.15) is 11.6 Å². The maximum Gasteiger partial charge on any atom is 0.346 e. The molecule has 3 N–H and O–H groups in total. The van der Waals surface area contributed by atoms with Crippen molar-refractivity contribution in [2.24, 2.45) is 5.73 Å². The molecule has 0 unspecified atom stereocenters. The van der Waals surface area contributed by atoms with Crippen molar-refractivity contribution in [1.29, 1.82) is 0 Å². The number of carboxylic acid groups (broad SMARTS) is 1. The predicted octanol–water partition coefficient (Wildman–Crippen LogP) is 12.1. The van der Waals surface area contributed by atoms with Crippen molar-refractivity contribution >= 4 is 11.9 Å². The van der Waals surface area contributed by atoms with Crippen LogP contribution in [0.1, 0.15) is 150 Å². The monoisotopic (exact) mass is 1070 g/mol. The minimum Gasteiger partial charge on any atom is -0.481 e. The summed E-state index contributed by atoms with van der Waals surface area (Å²) in [6, 6.07) is 50.2. The molecule has 0 bridgehead atoms. The molecule has 0 radical (unpaired) electrons. The first-order valence-electron chi connectivity index (χ1n) is 28.7. The Balaban J connectivity index is 0.000000194. The molecule has 10 rings (SSSR count). The average Bonchev–Trinajstić information content (AvgIpc) is 4.49. The number of nitrogens with zero attached hydrogens (tertiary/aromatic N) is 6. The summed E-state index contributed by atoms with van der Waals surface area (Å²) < 4.78 is 6.75. The minimum absolute atomic E-state index is 0.0479. The lowest BCUT2D eigenvalue weighted by Gasteiger charge is -2.19. The molecule has 8 aromatic rings. The van der Waals surface area contributed by atoms with Crippen molar-refractivity contribution in [2.45, 2.75) is 167 Å². The van der Waals surface area contributed by atoms with Crippen molar-refractivity contribution in [3.8, 4) is 22.3 Å². The number of carboxylic acids is 1. The number of rotatable bonds is 20. The first kappa shape index (κ1) is 56.8. The Morgan fingerprint density at radius 2 is 0.863 bits per heavy atom. The fraction of sp³-hybridized carbons (Fsp3) is 0.382. The van der Waals surface area contributed by atoms with Crippen molar-refractivity contribution in [3.05, 3.63) is 223 Å². The van der Waals surface area contributed by atoms with Gasteiger partial charge >= 0.3 is 17.3 Å². The zero-order valence-corrected chi connectivity index (χ0v) is 48.1. The summed E-state index contributed by atoms with van der Waals surface area (Å²) in [5.74, 6) is 0.719. The third-order valence-corrected chi connectivity index (χ3v) is 16.5. The van der Waals surface area contributed by atoms with Crippen LogP contribution in [0, 0.1) is 0 Å². The van der Waals surface area contributed by atoms with Gasteiger partial charge in [-0.2, -0.15) is 10.2 Å². The van der Waals surface area contributed by atoms with Crippen LogP contribution in [0.25, 0.3) is 22.3 Å². The lowest BCUT2D eigenvalue weighted by Crippen LogP contribution is -2.28. The Kier molecular flexibility index (Phi) is 16.7. The summed E-state index contributed by atoms with van der Waals surface area (Å²) in [4.78, 5) is 49.7. The molecule has 6 aromatic carbocycles. The SMILES string of the molecule is CCn1c(CCCc2ccc(-c3cccc(C4(C(=O)O)CC4)c3)cc2)nn(Cc2ccc(C(C)(C)C)cc2)c1=O.CCn1c(CCCc2ccc(-c3cccc(C4(C(N)=O)CC4)c3)cc2)nn(Cc2ccc(C(C)(C)C)cc2)c1=O. The number of hydrogen-bond acceptors (Lipinski definition) is 6. The molecular formula is C68H79N7O5. The highest BCUT2D eigenvalue weighted by molar-refractivity contribution is 5.90. The fourth-order valence-electron chi connectivity index (χ4n) is 10.9. The minimum atomic E-state index is -0.729. The van der Waals surface area contributed by atoms with Crippen molar-refractivity contribution in [2.75, 3.05) is 0 Å². The number of nitrogens with two attached hydrogens (primary N) is 1. The van der Waals surface area contributed by atoms with E-state index in [1.165, 1.54) is 22.3 Å². The fourth-order valence-corrected chi connectivity index (χ4v) is 10.9. The number of carbonyl (C=O) groups excluding carboxylic acids is 1. The molecule has 2 aromatic heterocycles. The maximum atomic E-state index is 13.0. The second kappa shape index (κ2) is 23.5. The highest BCUT2D eigenvalue weighted by Gasteiger charge is 2.52. The Morgan fingerprint density at radius 1 is 0.500 bits per heavy atom. The van der Waals surface area contributed by atoms with E-state index in [0.717, 1.165) is 108 Å². The number of aliphatic carboxylic acids is 1. The lowest BCUT2D eigenvalue weighted by atomic mass is 9.87. The van der Waals surface area contributed by atoms with Crippen LogP contribution in [0.2, 0.25) is 0 Å². The van der Waals surface area contributed by atoms with Gasteiger partial charge in [0.2, 0.25) is 5.91 Å². The Labute approximate surface area is 471 Å². The molecule has 2 fully saturated rings. The van der Waals surface area contributed by atoms with Gasteiger partial charge in [0, 0.05) is 25.9 Å². The number of carbonyl (C=O) groups is 2. The topological polar surface area (TPSA) is 160 Å². The number of aryl methyl sites for hydroxylation is 4. The van der Waals surface area contributed by atoms with E-state index in [2.05, 4.69) is 151 Å². The third-order valence-electron chi connectivity index (χ3n) is 16.5. The van der Waals surface area contributed by atoms with Crippen LogP contribution < -0.4 is 17.1 Å². The van der Waals surface area contributed by atoms with Crippen molar-refractivity contribution in [3.63, 3.8) is 0 Å². The normalized spacial score (nSPS) is 14.3. The van der Waals surface area contributed by atoms with Gasteiger partial charge in [0.15, 0.2) is 0 Å². The van der Waals surface area contributed by atoms with Gasteiger partial charge < -0.3 is 10.8 Å². The smallest absolute Gasteiger partial charge is 0.346 e. The molecule has 416 valence electrons. The zero-order chi connectivity index (χ0) is 57.0.